The number of carboxylic acid groups (broad SMARTS) is 1. The zero-order valence-corrected chi connectivity index (χ0v) is 14.5. The smallest absolute Gasteiger partial charge is 0.475 e. The molecule has 2 aliphatic heterocycles. The summed E-state index contributed by atoms with van der Waals surface area (Å²) >= 11 is 0. The first-order chi connectivity index (χ1) is 12.6. The summed E-state index contributed by atoms with van der Waals surface area (Å²) in [5.41, 5.74) is 0.619. The van der Waals surface area contributed by atoms with Crippen LogP contribution in [0.1, 0.15) is 42.5 Å². The van der Waals surface area contributed by atoms with Gasteiger partial charge in [-0.25, -0.2) is 4.79 Å². The molecule has 2 N–H and O–H groups in total. The molecule has 1 aromatic rings. The van der Waals surface area contributed by atoms with Crippen LogP contribution in [0, 0.1) is 0 Å². The summed E-state index contributed by atoms with van der Waals surface area (Å²) in [6.07, 6.45) is 2.55. The van der Waals surface area contributed by atoms with E-state index in [0.717, 1.165) is 25.7 Å². The highest BCUT2D eigenvalue weighted by Crippen LogP contribution is 2.31. The number of hydrogen-bond donors (Lipinski definition) is 2. The van der Waals surface area contributed by atoms with Crippen molar-refractivity contribution in [3.8, 4) is 0 Å². The van der Waals surface area contributed by atoms with Gasteiger partial charge < -0.3 is 15.3 Å². The number of likely N-dealkylation sites (tertiary alicyclic amines) is 1. The minimum atomic E-state index is -5.08. The highest BCUT2D eigenvalue weighted by Gasteiger charge is 2.39. The molecule has 10 heteroatoms. The molecule has 0 atom stereocenters. The van der Waals surface area contributed by atoms with Crippen molar-refractivity contribution in [1.29, 1.82) is 0 Å². The summed E-state index contributed by atoms with van der Waals surface area (Å²) in [7, 11) is 0. The Kier molecular flexibility index (Phi) is 6.40. The third-order valence-corrected chi connectivity index (χ3v) is 4.64. The summed E-state index contributed by atoms with van der Waals surface area (Å²) < 4.78 is 31.7. The third-order valence-electron chi connectivity index (χ3n) is 4.64. The van der Waals surface area contributed by atoms with Crippen molar-refractivity contribution in [2.75, 3.05) is 13.1 Å². The van der Waals surface area contributed by atoms with Crippen molar-refractivity contribution in [2.45, 2.75) is 43.8 Å². The van der Waals surface area contributed by atoms with Gasteiger partial charge in [-0.1, -0.05) is 0 Å². The summed E-state index contributed by atoms with van der Waals surface area (Å²) in [6.45, 7) is 1.42. The summed E-state index contributed by atoms with van der Waals surface area (Å²) in [6, 6.07) is 3.49. The van der Waals surface area contributed by atoms with Crippen molar-refractivity contribution in [2.24, 2.45) is 0 Å². The number of carbonyl (C=O) groups is 3. The Hall–Kier alpha value is -2.65. The second-order valence-corrected chi connectivity index (χ2v) is 6.51. The van der Waals surface area contributed by atoms with Crippen LogP contribution in [0.25, 0.3) is 0 Å². The van der Waals surface area contributed by atoms with Gasteiger partial charge in [-0.2, -0.15) is 13.2 Å². The molecule has 148 valence electrons. The first-order valence-corrected chi connectivity index (χ1v) is 8.43. The van der Waals surface area contributed by atoms with Crippen molar-refractivity contribution in [1.82, 2.24) is 15.2 Å². The number of aliphatic carboxylic acids is 1. The third kappa shape index (κ3) is 5.66. The molecule has 2 fully saturated rings. The zero-order valence-electron chi connectivity index (χ0n) is 14.5. The number of carboxylic acids is 1. The Morgan fingerprint density at radius 2 is 1.70 bits per heavy atom. The average Bonchev–Trinajstić information content (AvgIpc) is 2.62. The van der Waals surface area contributed by atoms with E-state index in [9.17, 15) is 22.8 Å². The molecule has 1 spiro atoms. The van der Waals surface area contributed by atoms with Gasteiger partial charge in [0.2, 0.25) is 5.91 Å². The Balaban J connectivity index is 0.000000321. The number of hydrogen-bond acceptors (Lipinski definition) is 4. The number of rotatable bonds is 1. The highest BCUT2D eigenvalue weighted by atomic mass is 19.4. The molecular formula is C17H20F3N3O4. The largest absolute Gasteiger partial charge is 0.490 e. The second kappa shape index (κ2) is 8.36. The SMILES string of the molecule is O=C(O)C(F)(F)F.O=C1CCCC2(CCN(C(=O)c3ccncc3)CC2)N1. The first kappa shape index (κ1) is 20.7. The molecule has 0 radical (unpaired) electrons. The van der Waals surface area contributed by atoms with E-state index in [2.05, 4.69) is 10.3 Å². The van der Waals surface area contributed by atoms with Gasteiger partial charge in [0.05, 0.1) is 0 Å². The van der Waals surface area contributed by atoms with Crippen molar-refractivity contribution < 1.29 is 32.7 Å². The molecule has 3 heterocycles. The Labute approximate surface area is 153 Å². The minimum absolute atomic E-state index is 0.0596. The predicted molar refractivity (Wildman–Crippen MR) is 87.8 cm³/mol. The molecule has 2 saturated heterocycles. The molecular weight excluding hydrogens is 367 g/mol. The number of aromatic nitrogens is 1. The summed E-state index contributed by atoms with van der Waals surface area (Å²) in [5, 5.41) is 10.3. The topological polar surface area (TPSA) is 99.6 Å². The fourth-order valence-corrected chi connectivity index (χ4v) is 3.20. The molecule has 0 bridgehead atoms. The van der Waals surface area contributed by atoms with Crippen LogP contribution in [0.3, 0.4) is 0 Å². The normalized spacial score (nSPS) is 18.9. The van der Waals surface area contributed by atoms with Gasteiger partial charge in [0.15, 0.2) is 0 Å². The molecule has 0 saturated carbocycles. The number of piperidine rings is 2. The predicted octanol–water partition coefficient (Wildman–Crippen LogP) is 1.99. The van der Waals surface area contributed by atoms with Crippen LogP contribution in [-0.4, -0.2) is 57.6 Å². The lowest BCUT2D eigenvalue weighted by Crippen LogP contribution is -2.58. The van der Waals surface area contributed by atoms with E-state index in [1.807, 2.05) is 4.90 Å². The van der Waals surface area contributed by atoms with Crippen LogP contribution in [0.4, 0.5) is 13.2 Å². The van der Waals surface area contributed by atoms with Crippen LogP contribution in [0.2, 0.25) is 0 Å². The van der Waals surface area contributed by atoms with E-state index >= 15 is 0 Å². The lowest BCUT2D eigenvalue weighted by atomic mass is 9.80. The van der Waals surface area contributed by atoms with Gasteiger partial charge in [-0.05, 0) is 37.8 Å². The van der Waals surface area contributed by atoms with E-state index in [-0.39, 0.29) is 17.4 Å². The molecule has 2 amide bonds. The summed E-state index contributed by atoms with van der Waals surface area (Å²) in [5.74, 6) is -2.54. The number of nitrogens with one attached hydrogen (secondary N) is 1. The molecule has 0 aliphatic carbocycles. The Bertz CT molecular complexity index is 686. The second-order valence-electron chi connectivity index (χ2n) is 6.51. The van der Waals surface area contributed by atoms with Crippen LogP contribution in [-0.2, 0) is 9.59 Å². The minimum Gasteiger partial charge on any atom is -0.475 e. The fourth-order valence-electron chi connectivity index (χ4n) is 3.20. The maximum atomic E-state index is 12.3. The number of halogens is 3. The zero-order chi connectivity index (χ0) is 20.1. The molecule has 2 aliphatic rings. The van der Waals surface area contributed by atoms with E-state index < -0.39 is 12.1 Å². The Morgan fingerprint density at radius 1 is 1.15 bits per heavy atom. The first-order valence-electron chi connectivity index (χ1n) is 8.43. The maximum Gasteiger partial charge on any atom is 0.490 e. The molecule has 0 aromatic carbocycles. The number of pyridine rings is 1. The molecule has 27 heavy (non-hydrogen) atoms. The van der Waals surface area contributed by atoms with Crippen molar-refractivity contribution >= 4 is 17.8 Å². The molecule has 3 rings (SSSR count). The van der Waals surface area contributed by atoms with E-state index in [1.165, 1.54) is 0 Å². The van der Waals surface area contributed by atoms with Crippen LogP contribution in [0.5, 0.6) is 0 Å². The number of amides is 2. The lowest BCUT2D eigenvalue weighted by Gasteiger charge is -2.44. The standard InChI is InChI=1S/C15H19N3O2.C2HF3O2/c19-13-2-1-5-15(17-13)6-10-18(11-7-15)14(20)12-3-8-16-9-4-12;3-2(4,5)1(6)7/h3-4,8-9H,1-2,5-7,10-11H2,(H,17,19);(H,6,7). The average molecular weight is 387 g/mol. The number of nitrogens with zero attached hydrogens (tertiary/aromatic N) is 2. The monoisotopic (exact) mass is 387 g/mol. The van der Waals surface area contributed by atoms with Gasteiger partial charge >= 0.3 is 12.1 Å². The van der Waals surface area contributed by atoms with Crippen LogP contribution < -0.4 is 5.32 Å². The number of alkyl halides is 3. The van der Waals surface area contributed by atoms with Gasteiger partial charge in [0.25, 0.3) is 5.91 Å². The quantitative estimate of drug-likeness (QED) is 0.768. The van der Waals surface area contributed by atoms with Gasteiger partial charge in [0.1, 0.15) is 0 Å². The molecule has 1 aromatic heterocycles. The number of carbonyl (C=O) groups excluding carboxylic acids is 2. The van der Waals surface area contributed by atoms with E-state index in [1.54, 1.807) is 24.5 Å². The fraction of sp³-hybridized carbons (Fsp3) is 0.529. The molecule has 7 nitrogen and oxygen atoms in total. The van der Waals surface area contributed by atoms with Gasteiger partial charge in [-0.15, -0.1) is 0 Å². The van der Waals surface area contributed by atoms with E-state index in [0.29, 0.717) is 25.1 Å². The van der Waals surface area contributed by atoms with Crippen LogP contribution in [0.15, 0.2) is 24.5 Å². The van der Waals surface area contributed by atoms with Crippen LogP contribution >= 0.6 is 0 Å². The van der Waals surface area contributed by atoms with Gasteiger partial charge in [0, 0.05) is 43.0 Å². The highest BCUT2D eigenvalue weighted by molar-refractivity contribution is 5.94. The van der Waals surface area contributed by atoms with Crippen molar-refractivity contribution in [3.05, 3.63) is 30.1 Å². The van der Waals surface area contributed by atoms with E-state index in [4.69, 9.17) is 9.90 Å². The van der Waals surface area contributed by atoms with Crippen molar-refractivity contribution in [3.63, 3.8) is 0 Å². The van der Waals surface area contributed by atoms with Gasteiger partial charge in [-0.3, -0.25) is 14.6 Å². The lowest BCUT2D eigenvalue weighted by molar-refractivity contribution is -0.192. The summed E-state index contributed by atoms with van der Waals surface area (Å²) in [4.78, 5) is 38.6. The molecule has 0 unspecified atom stereocenters. The maximum absolute atomic E-state index is 12.3. The Morgan fingerprint density at radius 3 is 2.19 bits per heavy atom.